The third-order valence-electron chi connectivity index (χ3n) is 2.75. The number of aromatic nitrogens is 2. The Kier molecular flexibility index (Phi) is 4.20. The van der Waals surface area contributed by atoms with Crippen LogP contribution in [0.1, 0.15) is 24.3 Å². The predicted molar refractivity (Wildman–Crippen MR) is 79.7 cm³/mol. The van der Waals surface area contributed by atoms with Crippen molar-refractivity contribution in [2.75, 3.05) is 12.3 Å². The van der Waals surface area contributed by atoms with Crippen LogP contribution in [-0.2, 0) is 0 Å². The molecule has 5 heteroatoms. The molecule has 0 bridgehead atoms. The molecule has 1 aromatic heterocycles. The van der Waals surface area contributed by atoms with E-state index in [2.05, 4.69) is 10.4 Å². The number of rotatable bonds is 4. The van der Waals surface area contributed by atoms with Gasteiger partial charge < -0.3 is 11.1 Å². The minimum absolute atomic E-state index is 0.184. The number of anilines is 1. The minimum atomic E-state index is -0.184. The molecule has 20 heavy (non-hydrogen) atoms. The molecule has 104 valence electrons. The highest BCUT2D eigenvalue weighted by Gasteiger charge is 2.08. The molecule has 0 aliphatic rings. The van der Waals surface area contributed by atoms with E-state index < -0.39 is 0 Å². The zero-order valence-electron chi connectivity index (χ0n) is 11.6. The van der Waals surface area contributed by atoms with Gasteiger partial charge in [0.25, 0.3) is 5.91 Å². The Morgan fingerprint density at radius 3 is 2.65 bits per heavy atom. The number of nitrogens with one attached hydrogen (secondary N) is 1. The Morgan fingerprint density at radius 2 is 2.00 bits per heavy atom. The first-order valence-electron chi connectivity index (χ1n) is 6.39. The second-order valence-electron chi connectivity index (χ2n) is 4.73. The van der Waals surface area contributed by atoms with E-state index in [1.165, 1.54) is 0 Å². The highest BCUT2D eigenvalue weighted by Crippen LogP contribution is 2.10. The summed E-state index contributed by atoms with van der Waals surface area (Å²) in [7, 11) is 0. The van der Waals surface area contributed by atoms with Crippen LogP contribution in [0.4, 0.5) is 5.69 Å². The molecule has 3 N–H and O–H groups in total. The Labute approximate surface area is 118 Å². The van der Waals surface area contributed by atoms with Gasteiger partial charge in [0.05, 0.1) is 5.69 Å². The Bertz CT molecular complexity index is 622. The maximum atomic E-state index is 11.9. The summed E-state index contributed by atoms with van der Waals surface area (Å²) in [5, 5.41) is 7.04. The number of allylic oxidation sites excluding steroid dienone is 1. The number of hydrogen-bond donors (Lipinski definition) is 2. The zero-order chi connectivity index (χ0) is 14.5. The summed E-state index contributed by atoms with van der Waals surface area (Å²) < 4.78 is 1.65. The second kappa shape index (κ2) is 6.06. The van der Waals surface area contributed by atoms with Gasteiger partial charge in [0.2, 0.25) is 0 Å². The number of nitrogens with zero attached hydrogens (tertiary/aromatic N) is 2. The fraction of sp³-hybridized carbons (Fsp3) is 0.200. The molecule has 2 rings (SSSR count). The van der Waals surface area contributed by atoms with Gasteiger partial charge in [-0.15, -0.1) is 0 Å². The largest absolute Gasteiger partial charge is 0.399 e. The Morgan fingerprint density at radius 1 is 1.30 bits per heavy atom. The standard InChI is InChI=1S/C15H18N4O/c1-11(2)7-9-17-15(20)14-8-10-19(18-14)13-5-3-12(16)4-6-13/h3-8,10H,9,16H2,1-2H3,(H,17,20). The van der Waals surface area contributed by atoms with E-state index in [0.29, 0.717) is 17.9 Å². The van der Waals surface area contributed by atoms with Gasteiger partial charge in [-0.2, -0.15) is 5.10 Å². The van der Waals surface area contributed by atoms with E-state index in [-0.39, 0.29) is 5.91 Å². The molecule has 0 aliphatic heterocycles. The van der Waals surface area contributed by atoms with Gasteiger partial charge in [0.15, 0.2) is 5.69 Å². The van der Waals surface area contributed by atoms with E-state index in [4.69, 9.17) is 5.73 Å². The van der Waals surface area contributed by atoms with Crippen LogP contribution in [-0.4, -0.2) is 22.2 Å². The summed E-state index contributed by atoms with van der Waals surface area (Å²) in [4.78, 5) is 11.9. The molecule has 1 aromatic carbocycles. The van der Waals surface area contributed by atoms with Gasteiger partial charge in [0.1, 0.15) is 0 Å². The summed E-state index contributed by atoms with van der Waals surface area (Å²) in [5.74, 6) is -0.184. The quantitative estimate of drug-likeness (QED) is 0.660. The van der Waals surface area contributed by atoms with Crippen molar-refractivity contribution in [3.63, 3.8) is 0 Å². The number of hydrogen-bond acceptors (Lipinski definition) is 3. The summed E-state index contributed by atoms with van der Waals surface area (Å²) in [6.45, 7) is 4.49. The number of nitrogens with two attached hydrogens (primary N) is 1. The number of amides is 1. The van der Waals surface area contributed by atoms with Crippen molar-refractivity contribution in [1.29, 1.82) is 0 Å². The highest BCUT2D eigenvalue weighted by atomic mass is 16.1. The van der Waals surface area contributed by atoms with E-state index in [9.17, 15) is 4.79 Å². The summed E-state index contributed by atoms with van der Waals surface area (Å²) in [6, 6.07) is 8.99. The van der Waals surface area contributed by atoms with Crippen molar-refractivity contribution < 1.29 is 4.79 Å². The number of carbonyl (C=O) groups is 1. The maximum Gasteiger partial charge on any atom is 0.272 e. The Balaban J connectivity index is 2.07. The van der Waals surface area contributed by atoms with Crippen molar-refractivity contribution in [2.24, 2.45) is 0 Å². The first-order chi connectivity index (χ1) is 9.56. The lowest BCUT2D eigenvalue weighted by molar-refractivity contribution is 0.0952. The first-order valence-corrected chi connectivity index (χ1v) is 6.39. The SMILES string of the molecule is CC(C)=CCNC(=O)c1ccn(-c2ccc(N)cc2)n1. The zero-order valence-corrected chi connectivity index (χ0v) is 11.6. The van der Waals surface area contributed by atoms with Gasteiger partial charge >= 0.3 is 0 Å². The molecule has 0 saturated heterocycles. The van der Waals surface area contributed by atoms with Crippen LogP contribution in [0.25, 0.3) is 5.69 Å². The monoisotopic (exact) mass is 270 g/mol. The van der Waals surface area contributed by atoms with E-state index in [0.717, 1.165) is 11.3 Å². The molecule has 0 spiro atoms. The molecular formula is C15H18N4O. The smallest absolute Gasteiger partial charge is 0.272 e. The fourth-order valence-corrected chi connectivity index (χ4v) is 1.65. The Hall–Kier alpha value is -2.56. The third-order valence-corrected chi connectivity index (χ3v) is 2.75. The number of carbonyl (C=O) groups excluding carboxylic acids is 1. The van der Waals surface area contributed by atoms with Crippen LogP contribution >= 0.6 is 0 Å². The van der Waals surface area contributed by atoms with Crippen molar-refractivity contribution in [1.82, 2.24) is 15.1 Å². The van der Waals surface area contributed by atoms with Crippen molar-refractivity contribution in [2.45, 2.75) is 13.8 Å². The average Bonchev–Trinajstić information content (AvgIpc) is 2.88. The predicted octanol–water partition coefficient (Wildman–Crippen LogP) is 2.15. The normalized spacial score (nSPS) is 10.1. The lowest BCUT2D eigenvalue weighted by atomic mass is 10.3. The minimum Gasteiger partial charge on any atom is -0.399 e. The molecule has 0 atom stereocenters. The van der Waals surface area contributed by atoms with E-state index >= 15 is 0 Å². The van der Waals surface area contributed by atoms with Crippen molar-refractivity contribution in [3.05, 3.63) is 53.9 Å². The summed E-state index contributed by atoms with van der Waals surface area (Å²) in [5.41, 5.74) is 8.75. The van der Waals surface area contributed by atoms with Gasteiger partial charge in [0, 0.05) is 18.4 Å². The fourth-order valence-electron chi connectivity index (χ4n) is 1.65. The maximum absolute atomic E-state index is 11.9. The second-order valence-corrected chi connectivity index (χ2v) is 4.73. The van der Waals surface area contributed by atoms with Crippen LogP contribution in [0, 0.1) is 0 Å². The number of benzene rings is 1. The third kappa shape index (κ3) is 3.47. The molecule has 0 fully saturated rings. The van der Waals surface area contributed by atoms with Gasteiger partial charge in [-0.1, -0.05) is 11.6 Å². The van der Waals surface area contributed by atoms with Crippen LogP contribution in [0.15, 0.2) is 48.2 Å². The van der Waals surface area contributed by atoms with Crippen molar-refractivity contribution >= 4 is 11.6 Å². The lowest BCUT2D eigenvalue weighted by Gasteiger charge is -2.02. The molecule has 0 aliphatic carbocycles. The van der Waals surface area contributed by atoms with E-state index in [1.54, 1.807) is 29.1 Å². The molecule has 5 nitrogen and oxygen atoms in total. The summed E-state index contributed by atoms with van der Waals surface area (Å²) in [6.07, 6.45) is 3.70. The molecule has 0 saturated carbocycles. The number of nitrogen functional groups attached to an aromatic ring is 1. The molecule has 1 heterocycles. The van der Waals surface area contributed by atoms with Crippen LogP contribution in [0.2, 0.25) is 0 Å². The van der Waals surface area contributed by atoms with Crippen molar-refractivity contribution in [3.8, 4) is 5.69 Å². The van der Waals surface area contributed by atoms with Gasteiger partial charge in [-0.3, -0.25) is 4.79 Å². The van der Waals surface area contributed by atoms with Gasteiger partial charge in [-0.05, 0) is 44.2 Å². The van der Waals surface area contributed by atoms with Crippen LogP contribution < -0.4 is 11.1 Å². The lowest BCUT2D eigenvalue weighted by Crippen LogP contribution is -2.24. The molecule has 0 unspecified atom stereocenters. The highest BCUT2D eigenvalue weighted by molar-refractivity contribution is 5.92. The topological polar surface area (TPSA) is 72.9 Å². The van der Waals surface area contributed by atoms with Crippen LogP contribution in [0.3, 0.4) is 0 Å². The summed E-state index contributed by atoms with van der Waals surface area (Å²) >= 11 is 0. The molecule has 2 aromatic rings. The first kappa shape index (κ1) is 13.9. The average molecular weight is 270 g/mol. The van der Waals surface area contributed by atoms with Crippen LogP contribution in [0.5, 0.6) is 0 Å². The molecule has 0 radical (unpaired) electrons. The van der Waals surface area contributed by atoms with Gasteiger partial charge in [-0.25, -0.2) is 4.68 Å². The van der Waals surface area contributed by atoms with E-state index in [1.807, 2.05) is 32.1 Å². The molecule has 1 amide bonds. The molecular weight excluding hydrogens is 252 g/mol.